The van der Waals surface area contributed by atoms with Crippen molar-refractivity contribution in [2.45, 2.75) is 37.9 Å². The van der Waals surface area contributed by atoms with Gasteiger partial charge in [-0.25, -0.2) is 14.8 Å². The van der Waals surface area contributed by atoms with Crippen LogP contribution in [0.4, 0.5) is 16.3 Å². The Kier molecular flexibility index (Phi) is 10.1. The number of halogens is 2. The van der Waals surface area contributed by atoms with Crippen LogP contribution >= 0.6 is 35.0 Å². The van der Waals surface area contributed by atoms with E-state index in [1.807, 2.05) is 6.92 Å². The number of amides is 3. The van der Waals surface area contributed by atoms with Crippen LogP contribution < -0.4 is 10.2 Å². The summed E-state index contributed by atoms with van der Waals surface area (Å²) in [7, 11) is 0. The van der Waals surface area contributed by atoms with Gasteiger partial charge in [-0.05, 0) is 44.9 Å². The fourth-order valence-corrected chi connectivity index (χ4v) is 5.86. The average Bonchev–Trinajstić information content (AvgIpc) is 2.91. The van der Waals surface area contributed by atoms with Gasteiger partial charge in [0.15, 0.2) is 5.16 Å². The van der Waals surface area contributed by atoms with Crippen molar-refractivity contribution >= 4 is 64.4 Å². The fraction of sp³-hybridized carbons (Fsp3) is 0.500. The topological polar surface area (TPSA) is 108 Å². The molecule has 10 nitrogen and oxygen atoms in total. The summed E-state index contributed by atoms with van der Waals surface area (Å²) in [5, 5.41) is 4.16. The lowest BCUT2D eigenvalue weighted by atomic mass is 9.97. The molecule has 13 heteroatoms. The van der Waals surface area contributed by atoms with Gasteiger partial charge in [-0.15, -0.1) is 0 Å². The number of hydrogen-bond acceptors (Lipinski definition) is 8. The van der Waals surface area contributed by atoms with Gasteiger partial charge in [-0.1, -0.05) is 41.0 Å². The number of piperazine rings is 1. The van der Waals surface area contributed by atoms with Gasteiger partial charge >= 0.3 is 12.0 Å². The maximum absolute atomic E-state index is 12.8. The molecular formula is C26H32Cl2N6O4S. The molecule has 0 bridgehead atoms. The van der Waals surface area contributed by atoms with Crippen molar-refractivity contribution < 1.29 is 19.1 Å². The smallest absolute Gasteiger partial charge is 0.322 e. The van der Waals surface area contributed by atoms with E-state index in [0.29, 0.717) is 79.0 Å². The largest absolute Gasteiger partial charge is 0.466 e. The van der Waals surface area contributed by atoms with Crippen LogP contribution in [0, 0.1) is 5.92 Å². The second-order valence-electron chi connectivity index (χ2n) is 9.46. The molecular weight excluding hydrogens is 563 g/mol. The van der Waals surface area contributed by atoms with E-state index < -0.39 is 0 Å². The Hall–Kier alpha value is -2.76. The van der Waals surface area contributed by atoms with E-state index in [1.54, 1.807) is 47.1 Å². The quantitative estimate of drug-likeness (QED) is 0.217. The number of carbonyl (C=O) groups is 3. The van der Waals surface area contributed by atoms with E-state index in [4.69, 9.17) is 27.9 Å². The lowest BCUT2D eigenvalue weighted by Gasteiger charge is -2.40. The van der Waals surface area contributed by atoms with Crippen molar-refractivity contribution in [2.24, 2.45) is 5.92 Å². The Morgan fingerprint density at radius 1 is 1.10 bits per heavy atom. The number of urea groups is 1. The van der Waals surface area contributed by atoms with Crippen molar-refractivity contribution in [1.82, 2.24) is 19.8 Å². The highest BCUT2D eigenvalue weighted by Gasteiger charge is 2.30. The zero-order valence-electron chi connectivity index (χ0n) is 21.9. The minimum Gasteiger partial charge on any atom is -0.466 e. The zero-order valence-corrected chi connectivity index (χ0v) is 24.3. The van der Waals surface area contributed by atoms with Crippen LogP contribution in [0.15, 0.2) is 35.5 Å². The number of piperidine rings is 1. The highest BCUT2D eigenvalue weighted by atomic mass is 35.5. The molecule has 3 amide bonds. The number of benzene rings is 1. The van der Waals surface area contributed by atoms with Gasteiger partial charge in [-0.2, -0.15) is 0 Å². The molecule has 2 saturated heterocycles. The summed E-state index contributed by atoms with van der Waals surface area (Å²) in [6.07, 6.45) is 1.21. The zero-order chi connectivity index (χ0) is 27.9. The first-order chi connectivity index (χ1) is 18.7. The van der Waals surface area contributed by atoms with E-state index in [1.165, 1.54) is 11.8 Å². The molecule has 3 heterocycles. The van der Waals surface area contributed by atoms with Gasteiger partial charge in [0, 0.05) is 55.5 Å². The lowest BCUT2D eigenvalue weighted by molar-refractivity contribution is -0.151. The fourth-order valence-electron chi connectivity index (χ4n) is 4.68. The molecule has 0 spiro atoms. The van der Waals surface area contributed by atoms with Crippen LogP contribution in [-0.2, 0) is 14.3 Å². The molecule has 2 fully saturated rings. The number of nitrogens with one attached hydrogen (secondary N) is 1. The number of rotatable bonds is 7. The molecule has 0 saturated carbocycles. The number of nitrogens with zero attached hydrogens (tertiary/aromatic N) is 5. The molecule has 2 aliphatic heterocycles. The van der Waals surface area contributed by atoms with Crippen LogP contribution in [0.3, 0.4) is 0 Å². The summed E-state index contributed by atoms with van der Waals surface area (Å²) in [4.78, 5) is 52.1. The third-order valence-electron chi connectivity index (χ3n) is 6.74. The first-order valence-corrected chi connectivity index (χ1v) is 14.7. The molecule has 0 aliphatic carbocycles. The van der Waals surface area contributed by atoms with E-state index in [2.05, 4.69) is 20.2 Å². The number of thioether (sulfide) groups is 1. The third-order valence-corrected chi connectivity index (χ3v) is 8.00. The van der Waals surface area contributed by atoms with E-state index >= 15 is 0 Å². The molecule has 2 aromatic rings. The molecule has 1 aromatic carbocycles. The Balaban J connectivity index is 1.29. The second-order valence-corrected chi connectivity index (χ2v) is 11.2. The van der Waals surface area contributed by atoms with Gasteiger partial charge < -0.3 is 24.8 Å². The molecule has 1 N–H and O–H groups in total. The second kappa shape index (κ2) is 13.5. The number of carbonyl (C=O) groups excluding carboxylic acids is 3. The van der Waals surface area contributed by atoms with Gasteiger partial charge in [0.1, 0.15) is 11.0 Å². The van der Waals surface area contributed by atoms with Crippen LogP contribution in [0.1, 0.15) is 26.7 Å². The third kappa shape index (κ3) is 7.89. The highest BCUT2D eigenvalue weighted by molar-refractivity contribution is 7.99. The Morgan fingerprint density at radius 3 is 2.56 bits per heavy atom. The predicted molar refractivity (Wildman–Crippen MR) is 153 cm³/mol. The minimum absolute atomic E-state index is 0.0274. The molecule has 1 atom stereocenters. The summed E-state index contributed by atoms with van der Waals surface area (Å²) < 4.78 is 5.10. The summed E-state index contributed by atoms with van der Waals surface area (Å²) in [6, 6.07) is 8.47. The Morgan fingerprint density at radius 2 is 1.87 bits per heavy atom. The van der Waals surface area contributed by atoms with Gasteiger partial charge in [0.25, 0.3) is 0 Å². The molecule has 210 valence electrons. The van der Waals surface area contributed by atoms with Crippen molar-refractivity contribution in [3.05, 3.63) is 40.5 Å². The van der Waals surface area contributed by atoms with E-state index in [-0.39, 0.29) is 35.6 Å². The van der Waals surface area contributed by atoms with Crippen LogP contribution in [0.5, 0.6) is 0 Å². The first-order valence-electron chi connectivity index (χ1n) is 12.9. The lowest BCUT2D eigenvalue weighted by Crippen LogP contribution is -2.55. The van der Waals surface area contributed by atoms with Crippen molar-refractivity contribution in [3.63, 3.8) is 0 Å². The maximum Gasteiger partial charge on any atom is 0.322 e. The highest BCUT2D eigenvalue weighted by Crippen LogP contribution is 2.26. The first kappa shape index (κ1) is 29.2. The van der Waals surface area contributed by atoms with Gasteiger partial charge in [0.05, 0.1) is 18.3 Å². The Labute approximate surface area is 242 Å². The maximum atomic E-state index is 12.8. The number of aromatic nitrogens is 2. The molecule has 1 unspecified atom stereocenters. The normalized spacial score (nSPS) is 18.2. The van der Waals surface area contributed by atoms with E-state index in [0.717, 1.165) is 0 Å². The minimum atomic E-state index is -0.189. The van der Waals surface area contributed by atoms with Gasteiger partial charge in [-0.3, -0.25) is 9.59 Å². The van der Waals surface area contributed by atoms with Crippen LogP contribution in [0.2, 0.25) is 10.2 Å². The number of anilines is 2. The average molecular weight is 596 g/mol. The monoisotopic (exact) mass is 594 g/mol. The standard InChI is InChI=1S/C26H32Cl2N6O4S/c1-3-38-24(36)18-7-9-32(10-8-18)23(35)16-39-25-30-21(28)14-22(31-25)33-11-12-34(17(2)15-33)26(37)29-20-6-4-5-19(27)13-20/h4-6,13-14,17-18H,3,7-12,15-16H2,1-2H3,(H,29,37). The van der Waals surface area contributed by atoms with Crippen molar-refractivity contribution in [2.75, 3.05) is 55.3 Å². The number of ether oxygens (including phenoxy) is 1. The van der Waals surface area contributed by atoms with Crippen LogP contribution in [-0.4, -0.2) is 88.8 Å². The number of esters is 1. The number of hydrogen-bond donors (Lipinski definition) is 1. The van der Waals surface area contributed by atoms with Gasteiger partial charge in [0.2, 0.25) is 5.91 Å². The molecule has 39 heavy (non-hydrogen) atoms. The molecule has 4 rings (SSSR count). The van der Waals surface area contributed by atoms with Crippen molar-refractivity contribution in [1.29, 1.82) is 0 Å². The van der Waals surface area contributed by atoms with Crippen molar-refractivity contribution in [3.8, 4) is 0 Å². The predicted octanol–water partition coefficient (Wildman–Crippen LogP) is 4.42. The molecule has 2 aliphatic rings. The molecule has 0 radical (unpaired) electrons. The number of likely N-dealkylation sites (tertiary alicyclic amines) is 1. The molecule has 1 aromatic heterocycles. The summed E-state index contributed by atoms with van der Waals surface area (Å²) in [6.45, 7) is 6.82. The van der Waals surface area contributed by atoms with E-state index in [9.17, 15) is 14.4 Å². The summed E-state index contributed by atoms with van der Waals surface area (Å²) >= 11 is 13.6. The van der Waals surface area contributed by atoms with Crippen LogP contribution in [0.25, 0.3) is 0 Å². The SMILES string of the molecule is CCOC(=O)C1CCN(C(=O)CSc2nc(Cl)cc(N3CCN(C(=O)Nc4cccc(Cl)c4)C(C)C3)n2)CC1. The summed E-state index contributed by atoms with van der Waals surface area (Å²) in [5.41, 5.74) is 0.643. The summed E-state index contributed by atoms with van der Waals surface area (Å²) in [5.74, 6) is 0.474. The Bertz CT molecular complexity index is 1200.